The van der Waals surface area contributed by atoms with E-state index in [4.69, 9.17) is 0 Å². The summed E-state index contributed by atoms with van der Waals surface area (Å²) in [5.74, 6) is 2.57. The Morgan fingerprint density at radius 1 is 1.00 bits per heavy atom. The van der Waals surface area contributed by atoms with Crippen LogP contribution >= 0.6 is 0 Å². The van der Waals surface area contributed by atoms with Gasteiger partial charge in [-0.3, -0.25) is 4.79 Å². The lowest BCUT2D eigenvalue weighted by Crippen LogP contribution is -2.54. The quantitative estimate of drug-likeness (QED) is 0.851. The molecule has 21 heavy (non-hydrogen) atoms. The maximum atomic E-state index is 12.6. The fourth-order valence-corrected chi connectivity index (χ4v) is 4.13. The summed E-state index contributed by atoms with van der Waals surface area (Å²) >= 11 is 0. The van der Waals surface area contributed by atoms with E-state index < -0.39 is 0 Å². The van der Waals surface area contributed by atoms with Gasteiger partial charge in [0.15, 0.2) is 0 Å². The predicted molar refractivity (Wildman–Crippen MR) is 83.1 cm³/mol. The molecule has 3 fully saturated rings. The van der Waals surface area contributed by atoms with Gasteiger partial charge < -0.3 is 9.80 Å². The van der Waals surface area contributed by atoms with Crippen LogP contribution in [-0.4, -0.2) is 48.4 Å². The van der Waals surface area contributed by atoms with E-state index in [0.29, 0.717) is 11.8 Å². The van der Waals surface area contributed by atoms with E-state index in [9.17, 15) is 4.79 Å². The molecule has 2 aliphatic heterocycles. The van der Waals surface area contributed by atoms with E-state index in [0.717, 1.165) is 24.6 Å². The summed E-state index contributed by atoms with van der Waals surface area (Å²) < 4.78 is 0. The van der Waals surface area contributed by atoms with E-state index in [1.54, 1.807) is 0 Å². The molecule has 3 nitrogen and oxygen atoms in total. The van der Waals surface area contributed by atoms with Crippen molar-refractivity contribution in [3.05, 3.63) is 35.9 Å². The third-order valence-electron chi connectivity index (χ3n) is 5.18. The second kappa shape index (κ2) is 5.45. The molecule has 2 saturated heterocycles. The summed E-state index contributed by atoms with van der Waals surface area (Å²) in [5.41, 5.74) is 0.840. The number of amides is 1. The van der Waals surface area contributed by atoms with Crippen molar-refractivity contribution in [2.45, 2.75) is 19.3 Å². The minimum atomic E-state index is 0.223. The number of hydrogen-bond acceptors (Lipinski definition) is 2. The Kier molecular flexibility index (Phi) is 3.46. The Balaban J connectivity index is 1.41. The molecule has 3 aliphatic rings. The largest absolute Gasteiger partial charge is 0.338 e. The molecule has 0 N–H and O–H groups in total. The van der Waals surface area contributed by atoms with E-state index >= 15 is 0 Å². The molecule has 2 heterocycles. The molecular formula is C18H24N2O. The number of nitrogens with zero attached hydrogens (tertiary/aromatic N) is 2. The number of hydrogen-bond donors (Lipinski definition) is 0. The molecule has 1 amide bonds. The van der Waals surface area contributed by atoms with Gasteiger partial charge in [-0.2, -0.15) is 0 Å². The molecule has 0 unspecified atom stereocenters. The molecule has 1 aromatic rings. The van der Waals surface area contributed by atoms with Crippen LogP contribution in [0.5, 0.6) is 0 Å². The second-order valence-corrected chi connectivity index (χ2v) is 7.21. The highest BCUT2D eigenvalue weighted by Gasteiger charge is 2.37. The lowest BCUT2D eigenvalue weighted by Gasteiger charge is -2.46. The predicted octanol–water partition coefficient (Wildman–Crippen LogP) is 2.49. The smallest absolute Gasteiger partial charge is 0.253 e. The zero-order chi connectivity index (χ0) is 14.2. The monoisotopic (exact) mass is 284 g/mol. The molecule has 0 aromatic heterocycles. The number of carbonyl (C=O) groups excluding carboxylic acids is 1. The third kappa shape index (κ3) is 2.98. The van der Waals surface area contributed by atoms with Crippen LogP contribution in [0, 0.1) is 17.8 Å². The molecule has 4 rings (SSSR count). The fourth-order valence-electron chi connectivity index (χ4n) is 4.13. The van der Waals surface area contributed by atoms with Gasteiger partial charge in [0.1, 0.15) is 0 Å². The third-order valence-corrected chi connectivity index (χ3v) is 5.18. The SMILES string of the molecule is O=C(c1ccccc1)N1C[C@H]2C[C@@H](CN(CC3CC3)C2)C1. The van der Waals surface area contributed by atoms with Gasteiger partial charge in [0.05, 0.1) is 0 Å². The van der Waals surface area contributed by atoms with Crippen molar-refractivity contribution >= 4 is 5.91 Å². The highest BCUT2D eigenvalue weighted by atomic mass is 16.2. The first-order valence-electron chi connectivity index (χ1n) is 8.34. The molecule has 2 atom stereocenters. The Hall–Kier alpha value is -1.35. The van der Waals surface area contributed by atoms with E-state index in [1.807, 2.05) is 30.3 Å². The first kappa shape index (κ1) is 13.3. The fraction of sp³-hybridized carbons (Fsp3) is 0.611. The van der Waals surface area contributed by atoms with Crippen molar-refractivity contribution in [2.24, 2.45) is 17.8 Å². The highest BCUT2D eigenvalue weighted by Crippen LogP contribution is 2.34. The number of likely N-dealkylation sites (tertiary alicyclic amines) is 2. The molecule has 3 heteroatoms. The Morgan fingerprint density at radius 3 is 2.29 bits per heavy atom. The van der Waals surface area contributed by atoms with Crippen molar-refractivity contribution in [1.82, 2.24) is 9.80 Å². The van der Waals surface area contributed by atoms with Crippen molar-refractivity contribution in [3.8, 4) is 0 Å². The molecule has 2 bridgehead atoms. The molecule has 112 valence electrons. The van der Waals surface area contributed by atoms with Gasteiger partial charge in [0.2, 0.25) is 0 Å². The number of fused-ring (bicyclic) bond motifs is 2. The van der Waals surface area contributed by atoms with Crippen LogP contribution in [0.2, 0.25) is 0 Å². The maximum absolute atomic E-state index is 12.6. The topological polar surface area (TPSA) is 23.6 Å². The van der Waals surface area contributed by atoms with Crippen molar-refractivity contribution < 1.29 is 4.79 Å². The van der Waals surface area contributed by atoms with Gasteiger partial charge >= 0.3 is 0 Å². The summed E-state index contributed by atoms with van der Waals surface area (Å²) in [6.45, 7) is 5.60. The number of piperidine rings is 2. The highest BCUT2D eigenvalue weighted by molar-refractivity contribution is 5.94. The van der Waals surface area contributed by atoms with Crippen molar-refractivity contribution in [1.29, 1.82) is 0 Å². The van der Waals surface area contributed by atoms with Gasteiger partial charge in [-0.05, 0) is 49.1 Å². The molecule has 1 aliphatic carbocycles. The standard InChI is InChI=1S/C18H24N2O/c21-18(17-4-2-1-3-5-17)20-12-15-8-16(13-20)11-19(10-15)9-14-6-7-14/h1-5,14-16H,6-13H2/t15-,16-/m0/s1. The van der Waals surface area contributed by atoms with E-state index in [-0.39, 0.29) is 5.91 Å². The van der Waals surface area contributed by atoms with E-state index in [1.165, 1.54) is 38.9 Å². The van der Waals surface area contributed by atoms with Gasteiger partial charge in [-0.25, -0.2) is 0 Å². The maximum Gasteiger partial charge on any atom is 0.253 e. The number of rotatable bonds is 3. The first-order valence-corrected chi connectivity index (χ1v) is 8.34. The van der Waals surface area contributed by atoms with Crippen LogP contribution in [0.1, 0.15) is 29.6 Å². The summed E-state index contributed by atoms with van der Waals surface area (Å²) in [4.78, 5) is 17.4. The van der Waals surface area contributed by atoms with Crippen LogP contribution in [0.3, 0.4) is 0 Å². The lowest BCUT2D eigenvalue weighted by molar-refractivity contribution is 0.0249. The normalized spacial score (nSPS) is 29.4. The van der Waals surface area contributed by atoms with Crippen molar-refractivity contribution in [3.63, 3.8) is 0 Å². The van der Waals surface area contributed by atoms with Crippen molar-refractivity contribution in [2.75, 3.05) is 32.7 Å². The second-order valence-electron chi connectivity index (χ2n) is 7.21. The average molecular weight is 284 g/mol. The summed E-state index contributed by atoms with van der Waals surface area (Å²) in [6.07, 6.45) is 4.19. The van der Waals surface area contributed by atoms with Crippen LogP contribution in [0.4, 0.5) is 0 Å². The minimum Gasteiger partial charge on any atom is -0.338 e. The summed E-state index contributed by atoms with van der Waals surface area (Å²) in [5, 5.41) is 0. The molecule has 1 aromatic carbocycles. The Bertz CT molecular complexity index is 497. The molecule has 0 spiro atoms. The molecule has 0 radical (unpaired) electrons. The van der Waals surface area contributed by atoms with Gasteiger partial charge in [0, 0.05) is 38.3 Å². The number of carbonyl (C=O) groups is 1. The zero-order valence-electron chi connectivity index (χ0n) is 12.6. The van der Waals surface area contributed by atoms with Crippen LogP contribution in [0.15, 0.2) is 30.3 Å². The summed E-state index contributed by atoms with van der Waals surface area (Å²) in [6, 6.07) is 9.75. The van der Waals surface area contributed by atoms with Crippen LogP contribution < -0.4 is 0 Å². The van der Waals surface area contributed by atoms with Gasteiger partial charge in [-0.1, -0.05) is 18.2 Å². The Morgan fingerprint density at radius 2 is 1.67 bits per heavy atom. The zero-order valence-corrected chi connectivity index (χ0v) is 12.6. The lowest BCUT2D eigenvalue weighted by atomic mass is 9.84. The van der Waals surface area contributed by atoms with Gasteiger partial charge in [0.25, 0.3) is 5.91 Å². The van der Waals surface area contributed by atoms with Crippen LogP contribution in [-0.2, 0) is 0 Å². The minimum absolute atomic E-state index is 0.223. The molecular weight excluding hydrogens is 260 g/mol. The first-order chi connectivity index (χ1) is 10.3. The number of benzene rings is 1. The van der Waals surface area contributed by atoms with E-state index in [2.05, 4.69) is 9.80 Å². The van der Waals surface area contributed by atoms with Gasteiger partial charge in [-0.15, -0.1) is 0 Å². The van der Waals surface area contributed by atoms with Crippen LogP contribution in [0.25, 0.3) is 0 Å². The Labute approximate surface area is 126 Å². The summed E-state index contributed by atoms with van der Waals surface area (Å²) in [7, 11) is 0. The molecule has 1 saturated carbocycles. The average Bonchev–Trinajstić information content (AvgIpc) is 3.30.